The van der Waals surface area contributed by atoms with E-state index < -0.39 is 22.9 Å². The maximum atomic E-state index is 12.3. The van der Waals surface area contributed by atoms with Crippen LogP contribution in [0.25, 0.3) is 11.3 Å². The summed E-state index contributed by atoms with van der Waals surface area (Å²) in [7, 11) is 3.30. The number of methoxy groups -OCH3 is 1. The predicted molar refractivity (Wildman–Crippen MR) is 103 cm³/mol. The van der Waals surface area contributed by atoms with E-state index in [-0.39, 0.29) is 22.7 Å². The zero-order valence-electron chi connectivity index (χ0n) is 16.4. The highest BCUT2D eigenvalue weighted by Gasteiger charge is 2.34. The van der Waals surface area contributed by atoms with Gasteiger partial charge in [0.1, 0.15) is 17.7 Å². The van der Waals surface area contributed by atoms with E-state index in [1.165, 1.54) is 19.2 Å². The lowest BCUT2D eigenvalue weighted by atomic mass is 9.98. The monoisotopic (exact) mass is 404 g/mol. The Morgan fingerprint density at radius 3 is 2.69 bits per heavy atom. The van der Waals surface area contributed by atoms with Gasteiger partial charge in [0.05, 0.1) is 17.6 Å². The van der Waals surface area contributed by atoms with Crippen LogP contribution >= 0.6 is 0 Å². The molecule has 156 valence electrons. The molecule has 1 aliphatic rings. The summed E-state index contributed by atoms with van der Waals surface area (Å²) in [5.74, 6) is -1.36. The summed E-state index contributed by atoms with van der Waals surface area (Å²) in [6, 6.07) is 7.55. The van der Waals surface area contributed by atoms with Gasteiger partial charge in [-0.1, -0.05) is 17.3 Å². The molecule has 3 rings (SSSR count). The third kappa shape index (κ3) is 4.78. The first kappa shape index (κ1) is 20.9. The van der Waals surface area contributed by atoms with Gasteiger partial charge in [-0.2, -0.15) is 0 Å². The summed E-state index contributed by atoms with van der Waals surface area (Å²) < 4.78 is 10.1. The fraction of sp³-hybridized carbons (Fsp3) is 0.474. The second-order valence-electron chi connectivity index (χ2n) is 7.07. The van der Waals surface area contributed by atoms with Gasteiger partial charge in [-0.05, 0) is 13.1 Å². The minimum Gasteiger partial charge on any atom is -0.469 e. The summed E-state index contributed by atoms with van der Waals surface area (Å²) in [4.78, 5) is 27.3. The van der Waals surface area contributed by atoms with Crippen LogP contribution in [0.1, 0.15) is 11.9 Å². The highest BCUT2D eigenvalue weighted by molar-refractivity contribution is 5.74. The Morgan fingerprint density at radius 2 is 2.03 bits per heavy atom. The Kier molecular flexibility index (Phi) is 6.57. The van der Waals surface area contributed by atoms with Gasteiger partial charge in [0.15, 0.2) is 5.76 Å². The fourth-order valence-corrected chi connectivity index (χ4v) is 3.37. The van der Waals surface area contributed by atoms with Crippen molar-refractivity contribution in [2.24, 2.45) is 5.92 Å². The van der Waals surface area contributed by atoms with Crippen molar-refractivity contribution in [3.05, 3.63) is 46.2 Å². The molecule has 0 bridgehead atoms. The SMILES string of the molecule is COC(=O)C(CN1CCN(C)CC1)C(O)c1cc(-c2ccccc2[N+](=O)[O-])no1. The Labute approximate surface area is 167 Å². The van der Waals surface area contributed by atoms with Gasteiger partial charge >= 0.3 is 5.97 Å². The number of ether oxygens (including phenoxy) is 1. The molecule has 0 saturated carbocycles. The molecule has 2 aromatic rings. The molecule has 0 amide bonds. The van der Waals surface area contributed by atoms with Crippen LogP contribution in [0.4, 0.5) is 5.69 Å². The molecule has 10 nitrogen and oxygen atoms in total. The summed E-state index contributed by atoms with van der Waals surface area (Å²) in [6.07, 6.45) is -1.29. The second kappa shape index (κ2) is 9.12. The average molecular weight is 404 g/mol. The van der Waals surface area contributed by atoms with E-state index in [1.54, 1.807) is 18.2 Å². The summed E-state index contributed by atoms with van der Waals surface area (Å²) in [6.45, 7) is 3.59. The number of piperazine rings is 1. The molecule has 29 heavy (non-hydrogen) atoms. The normalized spacial score (nSPS) is 17.6. The van der Waals surface area contributed by atoms with Crippen molar-refractivity contribution in [3.8, 4) is 11.3 Å². The zero-order chi connectivity index (χ0) is 21.0. The van der Waals surface area contributed by atoms with Crippen LogP contribution in [-0.4, -0.2) is 77.8 Å². The molecule has 1 saturated heterocycles. The van der Waals surface area contributed by atoms with Gasteiger partial charge in [0.25, 0.3) is 5.69 Å². The van der Waals surface area contributed by atoms with E-state index in [0.29, 0.717) is 6.54 Å². The summed E-state index contributed by atoms with van der Waals surface area (Å²) in [5, 5.41) is 25.9. The highest BCUT2D eigenvalue weighted by Crippen LogP contribution is 2.32. The molecular formula is C19H24N4O6. The maximum Gasteiger partial charge on any atom is 0.313 e. The molecule has 0 radical (unpaired) electrons. The number of hydrogen-bond acceptors (Lipinski definition) is 9. The number of likely N-dealkylation sites (N-methyl/N-ethyl adjacent to an activating group) is 1. The van der Waals surface area contributed by atoms with Crippen molar-refractivity contribution in [2.75, 3.05) is 46.9 Å². The van der Waals surface area contributed by atoms with Crippen molar-refractivity contribution in [1.29, 1.82) is 0 Å². The van der Waals surface area contributed by atoms with Gasteiger partial charge in [-0.25, -0.2) is 0 Å². The van der Waals surface area contributed by atoms with Crippen molar-refractivity contribution in [2.45, 2.75) is 6.10 Å². The molecule has 1 aliphatic heterocycles. The number of nitro groups is 1. The quantitative estimate of drug-likeness (QED) is 0.413. The summed E-state index contributed by atoms with van der Waals surface area (Å²) >= 11 is 0. The number of esters is 1. The molecule has 2 atom stereocenters. The first-order valence-corrected chi connectivity index (χ1v) is 9.28. The molecule has 0 spiro atoms. The smallest absolute Gasteiger partial charge is 0.313 e. The van der Waals surface area contributed by atoms with Gasteiger partial charge in [-0.3, -0.25) is 19.8 Å². The third-order valence-corrected chi connectivity index (χ3v) is 5.13. The number of benzene rings is 1. The van der Waals surface area contributed by atoms with E-state index in [9.17, 15) is 20.0 Å². The van der Waals surface area contributed by atoms with Gasteiger partial charge in [0, 0.05) is 44.9 Å². The molecule has 1 N–H and O–H groups in total. The Hall–Kier alpha value is -2.82. The van der Waals surface area contributed by atoms with Crippen molar-refractivity contribution in [3.63, 3.8) is 0 Å². The molecule has 1 aromatic carbocycles. The van der Waals surface area contributed by atoms with E-state index in [2.05, 4.69) is 15.0 Å². The number of rotatable bonds is 7. The Bertz CT molecular complexity index is 862. The van der Waals surface area contributed by atoms with Crippen molar-refractivity contribution < 1.29 is 24.1 Å². The maximum absolute atomic E-state index is 12.3. The lowest BCUT2D eigenvalue weighted by Crippen LogP contribution is -2.47. The molecule has 1 fully saturated rings. The largest absolute Gasteiger partial charge is 0.469 e. The molecule has 2 unspecified atom stereocenters. The topological polar surface area (TPSA) is 122 Å². The fourth-order valence-electron chi connectivity index (χ4n) is 3.37. The van der Waals surface area contributed by atoms with Gasteiger partial charge in [0.2, 0.25) is 0 Å². The van der Waals surface area contributed by atoms with Crippen molar-refractivity contribution >= 4 is 11.7 Å². The lowest BCUT2D eigenvalue weighted by Gasteiger charge is -2.34. The molecular weight excluding hydrogens is 380 g/mol. The molecule has 10 heteroatoms. The molecule has 2 heterocycles. The second-order valence-corrected chi connectivity index (χ2v) is 7.07. The number of nitro benzene ring substituents is 1. The van der Waals surface area contributed by atoms with Crippen LogP contribution < -0.4 is 0 Å². The van der Waals surface area contributed by atoms with Gasteiger partial charge < -0.3 is 19.3 Å². The number of carbonyl (C=O) groups is 1. The Balaban J connectivity index is 1.81. The van der Waals surface area contributed by atoms with E-state index in [4.69, 9.17) is 9.26 Å². The van der Waals surface area contributed by atoms with E-state index in [0.717, 1.165) is 26.2 Å². The number of carbonyl (C=O) groups excluding carboxylic acids is 1. The molecule has 1 aromatic heterocycles. The van der Waals surface area contributed by atoms with E-state index >= 15 is 0 Å². The van der Waals surface area contributed by atoms with Crippen LogP contribution in [0.3, 0.4) is 0 Å². The predicted octanol–water partition coefficient (Wildman–Crippen LogP) is 1.32. The van der Waals surface area contributed by atoms with Crippen LogP contribution in [0.2, 0.25) is 0 Å². The van der Waals surface area contributed by atoms with E-state index in [1.807, 2.05) is 7.05 Å². The number of para-hydroxylation sites is 1. The number of hydrogen-bond donors (Lipinski definition) is 1. The van der Waals surface area contributed by atoms with Crippen molar-refractivity contribution in [1.82, 2.24) is 15.0 Å². The average Bonchev–Trinajstić information content (AvgIpc) is 3.22. The lowest BCUT2D eigenvalue weighted by molar-refractivity contribution is -0.384. The third-order valence-electron chi connectivity index (χ3n) is 5.13. The van der Waals surface area contributed by atoms with Crippen LogP contribution in [0, 0.1) is 16.0 Å². The Morgan fingerprint density at radius 1 is 1.34 bits per heavy atom. The number of aliphatic hydroxyl groups is 1. The number of nitrogens with zero attached hydrogens (tertiary/aromatic N) is 4. The summed E-state index contributed by atoms with van der Waals surface area (Å²) in [5.41, 5.74) is 0.367. The highest BCUT2D eigenvalue weighted by atomic mass is 16.6. The minimum atomic E-state index is -1.29. The number of aliphatic hydroxyl groups excluding tert-OH is 1. The van der Waals surface area contributed by atoms with Gasteiger partial charge in [-0.15, -0.1) is 0 Å². The van der Waals surface area contributed by atoms with Crippen LogP contribution in [0.15, 0.2) is 34.9 Å². The first-order valence-electron chi connectivity index (χ1n) is 9.28. The first-order chi connectivity index (χ1) is 13.9. The standard InChI is InChI=1S/C19H24N4O6/c1-21-7-9-22(10-8-21)12-14(19(25)28-2)18(24)17-11-15(20-29-17)13-5-3-4-6-16(13)23(26)27/h3-6,11,14,18,24H,7-10,12H2,1-2H3. The van der Waals surface area contributed by atoms with Crippen LogP contribution in [-0.2, 0) is 9.53 Å². The minimum absolute atomic E-state index is 0.0580. The molecule has 0 aliphatic carbocycles. The zero-order valence-corrected chi connectivity index (χ0v) is 16.4. The number of aromatic nitrogens is 1. The van der Waals surface area contributed by atoms with Crippen LogP contribution in [0.5, 0.6) is 0 Å².